The van der Waals surface area contributed by atoms with Crippen LogP contribution in [0.3, 0.4) is 0 Å². The molecule has 19 heavy (non-hydrogen) atoms. The maximum atomic E-state index is 10.5. The minimum absolute atomic E-state index is 0.591. The average Bonchev–Trinajstić information content (AvgIpc) is 2.38. The first-order valence-corrected chi connectivity index (χ1v) is 6.50. The van der Waals surface area contributed by atoms with E-state index in [1.807, 2.05) is 19.0 Å². The number of anilines is 1. The molecule has 0 bridgehead atoms. The summed E-state index contributed by atoms with van der Waals surface area (Å²) in [4.78, 5) is 12.7. The number of aromatic nitrogens is 2. The Labute approximate surface area is 114 Å². The Morgan fingerprint density at radius 1 is 1.32 bits per heavy atom. The van der Waals surface area contributed by atoms with Crippen molar-refractivity contribution in [2.45, 2.75) is 18.4 Å². The van der Waals surface area contributed by atoms with Crippen molar-refractivity contribution in [3.05, 3.63) is 12.4 Å². The number of aliphatic hydroxyl groups is 1. The fourth-order valence-corrected chi connectivity index (χ4v) is 2.45. The van der Waals surface area contributed by atoms with Crippen molar-refractivity contribution in [1.29, 1.82) is 0 Å². The van der Waals surface area contributed by atoms with Crippen LogP contribution in [0.15, 0.2) is 12.4 Å². The minimum atomic E-state index is -0.591. The molecule has 0 aliphatic carbocycles. The molecule has 0 unspecified atom stereocenters. The third kappa shape index (κ3) is 3.54. The normalized spacial score (nSPS) is 18.7. The highest BCUT2D eigenvalue weighted by Crippen LogP contribution is 2.25. The van der Waals surface area contributed by atoms with Gasteiger partial charge in [0.1, 0.15) is 0 Å². The van der Waals surface area contributed by atoms with Crippen molar-refractivity contribution in [2.75, 3.05) is 45.7 Å². The van der Waals surface area contributed by atoms with Crippen molar-refractivity contribution < 1.29 is 9.84 Å². The van der Waals surface area contributed by atoms with Crippen LogP contribution in [0.5, 0.6) is 5.75 Å². The van der Waals surface area contributed by atoms with Crippen LogP contribution in [0.1, 0.15) is 12.8 Å². The lowest BCUT2D eigenvalue weighted by atomic mass is 9.91. The quantitative estimate of drug-likeness (QED) is 0.850. The van der Waals surface area contributed by atoms with E-state index in [9.17, 15) is 5.11 Å². The van der Waals surface area contributed by atoms with Crippen LogP contribution < -0.4 is 9.64 Å². The van der Waals surface area contributed by atoms with Crippen molar-refractivity contribution in [3.63, 3.8) is 0 Å². The van der Waals surface area contributed by atoms with Crippen molar-refractivity contribution in [1.82, 2.24) is 14.9 Å². The summed E-state index contributed by atoms with van der Waals surface area (Å²) in [6, 6.07) is 0. The summed E-state index contributed by atoms with van der Waals surface area (Å²) >= 11 is 0. The predicted molar refractivity (Wildman–Crippen MR) is 73.5 cm³/mol. The van der Waals surface area contributed by atoms with E-state index in [-0.39, 0.29) is 0 Å². The molecule has 6 heteroatoms. The smallest absolute Gasteiger partial charge is 0.225 e. The summed E-state index contributed by atoms with van der Waals surface area (Å²) in [7, 11) is 5.56. The zero-order valence-electron chi connectivity index (χ0n) is 11.8. The Balaban J connectivity index is 1.95. The summed E-state index contributed by atoms with van der Waals surface area (Å²) in [5.74, 6) is 1.36. The molecular formula is C13H22N4O2. The highest BCUT2D eigenvalue weighted by atomic mass is 16.5. The Morgan fingerprint density at radius 2 is 1.89 bits per heavy atom. The summed E-state index contributed by atoms with van der Waals surface area (Å²) in [5.41, 5.74) is -0.591. The number of methoxy groups -OCH3 is 1. The Morgan fingerprint density at radius 3 is 2.37 bits per heavy atom. The van der Waals surface area contributed by atoms with Gasteiger partial charge in [-0.25, -0.2) is 9.97 Å². The molecule has 0 aromatic carbocycles. The lowest BCUT2D eigenvalue weighted by Crippen LogP contribution is -2.50. The average molecular weight is 266 g/mol. The lowest BCUT2D eigenvalue weighted by molar-refractivity contribution is -0.00558. The highest BCUT2D eigenvalue weighted by Gasteiger charge is 2.33. The Hall–Kier alpha value is -1.40. The molecule has 1 aromatic rings. The van der Waals surface area contributed by atoms with Gasteiger partial charge in [-0.15, -0.1) is 0 Å². The van der Waals surface area contributed by atoms with E-state index in [1.165, 1.54) is 0 Å². The molecule has 1 aliphatic rings. The van der Waals surface area contributed by atoms with Gasteiger partial charge in [-0.1, -0.05) is 0 Å². The first-order chi connectivity index (χ1) is 9.02. The zero-order chi connectivity index (χ0) is 13.9. The number of rotatable bonds is 4. The minimum Gasteiger partial charge on any atom is -0.494 e. The third-order valence-corrected chi connectivity index (χ3v) is 3.44. The number of nitrogens with zero attached hydrogens (tertiary/aromatic N) is 4. The van der Waals surface area contributed by atoms with E-state index < -0.39 is 5.60 Å². The SMILES string of the molecule is COc1cnc(N2CCC(O)(CN(C)C)CC2)nc1. The molecule has 2 rings (SSSR count). The number of likely N-dealkylation sites (N-methyl/N-ethyl adjacent to an activating group) is 1. The third-order valence-electron chi connectivity index (χ3n) is 3.44. The maximum absolute atomic E-state index is 10.5. The summed E-state index contributed by atoms with van der Waals surface area (Å²) < 4.78 is 5.04. The Bertz CT molecular complexity index is 400. The number of hydrogen-bond acceptors (Lipinski definition) is 6. The van der Waals surface area contributed by atoms with E-state index in [0.717, 1.165) is 25.9 Å². The molecule has 1 N–H and O–H groups in total. The zero-order valence-corrected chi connectivity index (χ0v) is 11.8. The van der Waals surface area contributed by atoms with Gasteiger partial charge in [0.15, 0.2) is 5.75 Å². The van der Waals surface area contributed by atoms with E-state index in [4.69, 9.17) is 4.74 Å². The number of piperidine rings is 1. The van der Waals surface area contributed by atoms with Crippen molar-refractivity contribution in [3.8, 4) is 5.75 Å². The van der Waals surface area contributed by atoms with Gasteiger partial charge in [-0.3, -0.25) is 0 Å². The van der Waals surface area contributed by atoms with Crippen LogP contribution in [-0.4, -0.2) is 66.4 Å². The number of ether oxygens (including phenoxy) is 1. The molecule has 0 atom stereocenters. The van der Waals surface area contributed by atoms with E-state index in [1.54, 1.807) is 19.5 Å². The second-order valence-electron chi connectivity index (χ2n) is 5.37. The molecule has 0 amide bonds. The molecule has 1 aliphatic heterocycles. The molecule has 0 spiro atoms. The predicted octanol–water partition coefficient (Wildman–Crippen LogP) is 0.378. The molecule has 0 saturated carbocycles. The first-order valence-electron chi connectivity index (χ1n) is 6.50. The first kappa shape index (κ1) is 14.0. The molecule has 0 radical (unpaired) electrons. The van der Waals surface area contributed by atoms with Crippen LogP contribution >= 0.6 is 0 Å². The van der Waals surface area contributed by atoms with Gasteiger partial charge in [-0.2, -0.15) is 0 Å². The van der Waals surface area contributed by atoms with Gasteiger partial charge in [-0.05, 0) is 26.9 Å². The maximum Gasteiger partial charge on any atom is 0.225 e. The largest absolute Gasteiger partial charge is 0.494 e. The molecule has 1 aromatic heterocycles. The molecule has 6 nitrogen and oxygen atoms in total. The van der Waals surface area contributed by atoms with Gasteiger partial charge in [0.2, 0.25) is 5.95 Å². The van der Waals surface area contributed by atoms with E-state index in [2.05, 4.69) is 14.9 Å². The summed E-state index contributed by atoms with van der Waals surface area (Å²) in [6.07, 6.45) is 4.81. The summed E-state index contributed by atoms with van der Waals surface area (Å²) in [6.45, 7) is 2.25. The van der Waals surface area contributed by atoms with Crippen molar-refractivity contribution >= 4 is 5.95 Å². The van der Waals surface area contributed by atoms with Gasteiger partial charge >= 0.3 is 0 Å². The van der Waals surface area contributed by atoms with Gasteiger partial charge in [0, 0.05) is 19.6 Å². The molecule has 2 heterocycles. The lowest BCUT2D eigenvalue weighted by Gasteiger charge is -2.39. The van der Waals surface area contributed by atoms with E-state index in [0.29, 0.717) is 18.2 Å². The highest BCUT2D eigenvalue weighted by molar-refractivity contribution is 5.32. The molecule has 106 valence electrons. The summed E-state index contributed by atoms with van der Waals surface area (Å²) in [5, 5.41) is 10.5. The van der Waals surface area contributed by atoms with Crippen LogP contribution in [0.25, 0.3) is 0 Å². The van der Waals surface area contributed by atoms with Crippen LogP contribution in [-0.2, 0) is 0 Å². The molecule has 1 fully saturated rings. The van der Waals surface area contributed by atoms with E-state index >= 15 is 0 Å². The Kier molecular flexibility index (Phi) is 4.21. The monoisotopic (exact) mass is 266 g/mol. The fraction of sp³-hybridized carbons (Fsp3) is 0.692. The number of hydrogen-bond donors (Lipinski definition) is 1. The van der Waals surface area contributed by atoms with Gasteiger partial charge < -0.3 is 19.6 Å². The van der Waals surface area contributed by atoms with Gasteiger partial charge in [0.25, 0.3) is 0 Å². The molecule has 1 saturated heterocycles. The topological polar surface area (TPSA) is 61.7 Å². The second-order valence-corrected chi connectivity index (χ2v) is 5.37. The second kappa shape index (κ2) is 5.71. The molecular weight excluding hydrogens is 244 g/mol. The van der Waals surface area contributed by atoms with Crippen LogP contribution in [0.4, 0.5) is 5.95 Å². The van der Waals surface area contributed by atoms with Crippen molar-refractivity contribution in [2.24, 2.45) is 0 Å². The van der Waals surface area contributed by atoms with Crippen LogP contribution in [0.2, 0.25) is 0 Å². The van der Waals surface area contributed by atoms with Gasteiger partial charge in [0.05, 0.1) is 25.1 Å². The standard InChI is InChI=1S/C13H22N4O2/c1-16(2)10-13(18)4-6-17(7-5-13)12-14-8-11(19-3)9-15-12/h8-9,18H,4-7,10H2,1-3H3. The van der Waals surface area contributed by atoms with Crippen LogP contribution in [0, 0.1) is 0 Å². The fourth-order valence-electron chi connectivity index (χ4n) is 2.45.